The number of carbonyl (C=O) groups excluding carboxylic acids is 2. The summed E-state index contributed by atoms with van der Waals surface area (Å²) in [6.07, 6.45) is 0.758. The normalized spacial score (nSPS) is 13.7. The number of hydrogen-bond acceptors (Lipinski definition) is 3. The highest BCUT2D eigenvalue weighted by molar-refractivity contribution is 6.20. The van der Waals surface area contributed by atoms with Crippen molar-refractivity contribution >= 4 is 11.8 Å². The fraction of sp³-hybridized carbons (Fsp3) is 0.125. The highest BCUT2D eigenvalue weighted by Gasteiger charge is 2.34. The van der Waals surface area contributed by atoms with Gasteiger partial charge in [-0.3, -0.25) is 9.59 Å². The Balaban J connectivity index is 1.65. The molecule has 3 rings (SSSR count). The van der Waals surface area contributed by atoms with Gasteiger partial charge >= 0.3 is 0 Å². The number of imide groups is 1. The van der Waals surface area contributed by atoms with Crippen LogP contribution in [-0.4, -0.2) is 23.4 Å². The van der Waals surface area contributed by atoms with Gasteiger partial charge in [-0.1, -0.05) is 42.5 Å². The highest BCUT2D eigenvalue weighted by Crippen LogP contribution is 2.20. The van der Waals surface area contributed by atoms with Crippen molar-refractivity contribution in [3.63, 3.8) is 0 Å². The number of rotatable bonds is 4. The Kier molecular flexibility index (Phi) is 3.31. The first-order chi connectivity index (χ1) is 9.77. The monoisotopic (exact) mass is 266 g/mol. The van der Waals surface area contributed by atoms with Crippen LogP contribution in [-0.2, 0) is 6.42 Å². The van der Waals surface area contributed by atoms with Gasteiger partial charge in [0.05, 0.1) is 11.1 Å². The molecule has 0 bridgehead atoms. The van der Waals surface area contributed by atoms with Gasteiger partial charge in [0.2, 0.25) is 0 Å². The van der Waals surface area contributed by atoms with Crippen LogP contribution < -0.4 is 5.43 Å². The third-order valence-corrected chi connectivity index (χ3v) is 3.32. The van der Waals surface area contributed by atoms with E-state index >= 15 is 0 Å². The number of fused-ring (bicyclic) bond motifs is 1. The van der Waals surface area contributed by atoms with Crippen LogP contribution >= 0.6 is 0 Å². The summed E-state index contributed by atoms with van der Waals surface area (Å²) in [4.78, 5) is 24.2. The van der Waals surface area contributed by atoms with Gasteiger partial charge in [-0.2, -0.15) is 0 Å². The fourth-order valence-electron chi connectivity index (χ4n) is 2.29. The van der Waals surface area contributed by atoms with Gasteiger partial charge in [0.25, 0.3) is 11.8 Å². The summed E-state index contributed by atoms with van der Waals surface area (Å²) in [5.74, 6) is -0.558. The van der Waals surface area contributed by atoms with E-state index < -0.39 is 0 Å². The van der Waals surface area contributed by atoms with Gasteiger partial charge < -0.3 is 0 Å². The third kappa shape index (κ3) is 2.21. The van der Waals surface area contributed by atoms with E-state index in [0.29, 0.717) is 17.7 Å². The molecule has 100 valence electrons. The molecule has 0 spiro atoms. The molecule has 0 saturated carbocycles. The number of nitrogens with one attached hydrogen (secondary N) is 1. The molecule has 0 saturated heterocycles. The number of carbonyl (C=O) groups is 2. The SMILES string of the molecule is O=C1c2ccccc2C(=O)N1NCCc1ccccc1. The zero-order chi connectivity index (χ0) is 13.9. The van der Waals surface area contributed by atoms with Crippen molar-refractivity contribution in [2.75, 3.05) is 6.54 Å². The lowest BCUT2D eigenvalue weighted by molar-refractivity contribution is 0.0568. The summed E-state index contributed by atoms with van der Waals surface area (Å²) in [6.45, 7) is 0.537. The maximum atomic E-state index is 12.1. The van der Waals surface area contributed by atoms with E-state index in [2.05, 4.69) is 5.43 Å². The van der Waals surface area contributed by atoms with Crippen LogP contribution in [0.25, 0.3) is 0 Å². The summed E-state index contributed by atoms with van der Waals surface area (Å²) in [5.41, 5.74) is 5.00. The van der Waals surface area contributed by atoms with E-state index in [9.17, 15) is 9.59 Å². The summed E-state index contributed by atoms with van der Waals surface area (Å²) < 4.78 is 0. The van der Waals surface area contributed by atoms with E-state index in [-0.39, 0.29) is 11.8 Å². The zero-order valence-corrected chi connectivity index (χ0v) is 10.9. The largest absolute Gasteiger partial charge is 0.276 e. The third-order valence-electron chi connectivity index (χ3n) is 3.32. The molecule has 1 aliphatic rings. The second-order valence-electron chi connectivity index (χ2n) is 4.64. The van der Waals surface area contributed by atoms with Crippen LogP contribution in [0, 0.1) is 0 Å². The van der Waals surface area contributed by atoms with Crippen LogP contribution in [0.3, 0.4) is 0 Å². The predicted octanol–water partition coefficient (Wildman–Crippen LogP) is 2.03. The molecule has 2 amide bonds. The Morgan fingerprint density at radius 1 is 0.800 bits per heavy atom. The maximum Gasteiger partial charge on any atom is 0.276 e. The molecule has 2 aromatic carbocycles. The van der Waals surface area contributed by atoms with Crippen LogP contribution in [0.15, 0.2) is 54.6 Å². The number of nitrogens with zero attached hydrogens (tertiary/aromatic N) is 1. The molecule has 0 unspecified atom stereocenters. The van der Waals surface area contributed by atoms with E-state index in [1.807, 2.05) is 30.3 Å². The smallest absolute Gasteiger partial charge is 0.267 e. The second-order valence-corrected chi connectivity index (χ2v) is 4.64. The number of benzene rings is 2. The molecule has 1 N–H and O–H groups in total. The number of hydrazine groups is 1. The van der Waals surface area contributed by atoms with E-state index in [1.165, 1.54) is 0 Å². The molecule has 4 nitrogen and oxygen atoms in total. The lowest BCUT2D eigenvalue weighted by atomic mass is 10.1. The van der Waals surface area contributed by atoms with E-state index in [4.69, 9.17) is 0 Å². The first-order valence-electron chi connectivity index (χ1n) is 6.52. The molecule has 20 heavy (non-hydrogen) atoms. The minimum atomic E-state index is -0.279. The molecular weight excluding hydrogens is 252 g/mol. The topological polar surface area (TPSA) is 49.4 Å². The molecule has 1 heterocycles. The summed E-state index contributed by atoms with van der Waals surface area (Å²) >= 11 is 0. The van der Waals surface area contributed by atoms with Crippen molar-refractivity contribution in [1.82, 2.24) is 10.4 Å². The Labute approximate surface area is 117 Å². The van der Waals surface area contributed by atoms with Crippen molar-refractivity contribution < 1.29 is 9.59 Å². The van der Waals surface area contributed by atoms with Gasteiger partial charge in [0.1, 0.15) is 0 Å². The van der Waals surface area contributed by atoms with Crippen molar-refractivity contribution in [2.24, 2.45) is 0 Å². The maximum absolute atomic E-state index is 12.1. The Bertz CT molecular complexity index is 618. The fourth-order valence-corrected chi connectivity index (χ4v) is 2.29. The molecule has 4 heteroatoms. The Morgan fingerprint density at radius 2 is 1.35 bits per heavy atom. The highest BCUT2D eigenvalue weighted by atomic mass is 16.2. The Morgan fingerprint density at radius 3 is 1.95 bits per heavy atom. The van der Waals surface area contributed by atoms with E-state index in [0.717, 1.165) is 17.0 Å². The van der Waals surface area contributed by atoms with Crippen molar-refractivity contribution in [1.29, 1.82) is 0 Å². The summed E-state index contributed by atoms with van der Waals surface area (Å²) in [7, 11) is 0. The van der Waals surface area contributed by atoms with Gasteiger partial charge in [-0.25, -0.2) is 10.4 Å². The molecule has 0 radical (unpaired) electrons. The van der Waals surface area contributed by atoms with Crippen molar-refractivity contribution in [2.45, 2.75) is 6.42 Å². The van der Waals surface area contributed by atoms with Gasteiger partial charge in [0.15, 0.2) is 0 Å². The van der Waals surface area contributed by atoms with Crippen molar-refractivity contribution in [3.05, 3.63) is 71.3 Å². The summed E-state index contributed by atoms with van der Waals surface area (Å²) in [6, 6.07) is 16.8. The minimum Gasteiger partial charge on any atom is -0.267 e. The number of amides is 2. The van der Waals surface area contributed by atoms with Gasteiger partial charge in [-0.15, -0.1) is 0 Å². The lowest BCUT2D eigenvalue weighted by Gasteiger charge is -2.15. The lowest BCUT2D eigenvalue weighted by Crippen LogP contribution is -2.43. The first-order valence-corrected chi connectivity index (χ1v) is 6.52. The average molecular weight is 266 g/mol. The van der Waals surface area contributed by atoms with Crippen LogP contribution in [0.5, 0.6) is 0 Å². The van der Waals surface area contributed by atoms with Crippen LogP contribution in [0.4, 0.5) is 0 Å². The standard InChI is InChI=1S/C16H14N2O2/c19-15-13-8-4-5-9-14(13)16(20)18(15)17-11-10-12-6-2-1-3-7-12/h1-9,17H,10-11H2. The van der Waals surface area contributed by atoms with Crippen LogP contribution in [0.2, 0.25) is 0 Å². The molecule has 2 aromatic rings. The predicted molar refractivity (Wildman–Crippen MR) is 75.1 cm³/mol. The molecule has 0 aliphatic carbocycles. The molecule has 0 aromatic heterocycles. The molecular formula is C16H14N2O2. The summed E-state index contributed by atoms with van der Waals surface area (Å²) in [5, 5.41) is 1.10. The van der Waals surface area contributed by atoms with Crippen molar-refractivity contribution in [3.8, 4) is 0 Å². The molecule has 1 aliphatic heterocycles. The first kappa shape index (κ1) is 12.6. The number of hydrogen-bond donors (Lipinski definition) is 1. The van der Waals surface area contributed by atoms with E-state index in [1.54, 1.807) is 24.3 Å². The molecule has 0 atom stereocenters. The van der Waals surface area contributed by atoms with Crippen LogP contribution in [0.1, 0.15) is 26.3 Å². The quantitative estimate of drug-likeness (QED) is 0.861. The van der Waals surface area contributed by atoms with Gasteiger partial charge in [-0.05, 0) is 24.1 Å². The molecule has 0 fully saturated rings. The second kappa shape index (κ2) is 5.27. The minimum absolute atomic E-state index is 0.279. The Hall–Kier alpha value is -2.46. The average Bonchev–Trinajstić information content (AvgIpc) is 2.74. The zero-order valence-electron chi connectivity index (χ0n) is 10.9. The van der Waals surface area contributed by atoms with Gasteiger partial charge in [0, 0.05) is 6.54 Å².